The predicted octanol–water partition coefficient (Wildman–Crippen LogP) is 14.0. The van der Waals surface area contributed by atoms with Crippen LogP contribution in [0.3, 0.4) is 0 Å². The molecular formula is C46H84O6. The van der Waals surface area contributed by atoms with Crippen LogP contribution in [0.15, 0.2) is 24.3 Å². The molecule has 6 nitrogen and oxygen atoms in total. The van der Waals surface area contributed by atoms with E-state index in [0.717, 1.165) is 70.6 Å². The molecule has 0 aliphatic rings. The normalized spacial score (nSPS) is 12.1. The lowest BCUT2D eigenvalue weighted by atomic mass is 10.1. The molecule has 0 saturated heterocycles. The predicted molar refractivity (Wildman–Crippen MR) is 219 cm³/mol. The van der Waals surface area contributed by atoms with E-state index in [0.29, 0.717) is 19.3 Å². The van der Waals surface area contributed by atoms with Crippen LogP contribution in [0.5, 0.6) is 0 Å². The molecule has 0 aromatic heterocycles. The smallest absolute Gasteiger partial charge is 0.306 e. The molecule has 6 heteroatoms. The van der Waals surface area contributed by atoms with Gasteiger partial charge < -0.3 is 14.2 Å². The largest absolute Gasteiger partial charge is 0.462 e. The van der Waals surface area contributed by atoms with Crippen LogP contribution in [0.2, 0.25) is 0 Å². The second-order valence-electron chi connectivity index (χ2n) is 15.0. The van der Waals surface area contributed by atoms with Crippen molar-refractivity contribution in [1.82, 2.24) is 0 Å². The summed E-state index contributed by atoms with van der Waals surface area (Å²) in [5.41, 5.74) is 0. The summed E-state index contributed by atoms with van der Waals surface area (Å²) in [5, 5.41) is 0. The lowest BCUT2D eigenvalue weighted by Crippen LogP contribution is -2.30. The molecule has 1 atom stereocenters. The van der Waals surface area contributed by atoms with E-state index in [4.69, 9.17) is 14.2 Å². The first-order valence-electron chi connectivity index (χ1n) is 22.3. The highest BCUT2D eigenvalue weighted by atomic mass is 16.6. The maximum atomic E-state index is 12.6. The first-order valence-corrected chi connectivity index (χ1v) is 22.3. The average Bonchev–Trinajstić information content (AvgIpc) is 3.14. The standard InChI is InChI=1S/C46H84O6/c1-4-7-10-13-16-18-20-21-22-23-24-25-27-28-30-33-36-39-45(48)51-42-43(41-50-44(47)38-35-32-15-12-9-6-3)52-46(49)40-37-34-31-29-26-19-17-14-11-8-5-2/h16,18,21-22,43H,4-15,17,19-20,23-42H2,1-3H3/b18-16-,22-21-. The fourth-order valence-electron chi connectivity index (χ4n) is 6.29. The van der Waals surface area contributed by atoms with Gasteiger partial charge in [0.15, 0.2) is 6.10 Å². The summed E-state index contributed by atoms with van der Waals surface area (Å²) in [4.78, 5) is 37.5. The summed E-state index contributed by atoms with van der Waals surface area (Å²) >= 11 is 0. The van der Waals surface area contributed by atoms with E-state index in [2.05, 4.69) is 45.1 Å². The van der Waals surface area contributed by atoms with Crippen molar-refractivity contribution in [1.29, 1.82) is 0 Å². The molecule has 304 valence electrons. The van der Waals surface area contributed by atoms with Crippen LogP contribution in [0.4, 0.5) is 0 Å². The minimum atomic E-state index is -0.764. The van der Waals surface area contributed by atoms with Crippen molar-refractivity contribution >= 4 is 17.9 Å². The third-order valence-corrected chi connectivity index (χ3v) is 9.71. The molecule has 0 aromatic rings. The van der Waals surface area contributed by atoms with E-state index in [9.17, 15) is 14.4 Å². The highest BCUT2D eigenvalue weighted by molar-refractivity contribution is 5.71. The van der Waals surface area contributed by atoms with Crippen LogP contribution in [0.25, 0.3) is 0 Å². The molecular weight excluding hydrogens is 648 g/mol. The lowest BCUT2D eigenvalue weighted by molar-refractivity contribution is -0.167. The second-order valence-corrected chi connectivity index (χ2v) is 15.0. The number of ether oxygens (including phenoxy) is 3. The van der Waals surface area contributed by atoms with Crippen molar-refractivity contribution in [2.24, 2.45) is 0 Å². The zero-order chi connectivity index (χ0) is 38.0. The maximum absolute atomic E-state index is 12.6. The van der Waals surface area contributed by atoms with E-state index in [-0.39, 0.29) is 31.1 Å². The molecule has 0 aliphatic heterocycles. The molecule has 0 amide bonds. The summed E-state index contributed by atoms with van der Waals surface area (Å²) in [6, 6.07) is 0. The van der Waals surface area contributed by atoms with Gasteiger partial charge in [-0.25, -0.2) is 0 Å². The molecule has 0 N–H and O–H groups in total. The summed E-state index contributed by atoms with van der Waals surface area (Å²) in [5.74, 6) is -0.886. The van der Waals surface area contributed by atoms with E-state index in [1.165, 1.54) is 122 Å². The topological polar surface area (TPSA) is 78.9 Å². The second kappa shape index (κ2) is 41.6. The number of unbranched alkanes of at least 4 members (excludes halogenated alkanes) is 25. The molecule has 0 fully saturated rings. The van der Waals surface area contributed by atoms with Crippen LogP contribution in [-0.4, -0.2) is 37.2 Å². The monoisotopic (exact) mass is 733 g/mol. The Bertz CT molecular complexity index is 850. The molecule has 1 unspecified atom stereocenters. The Morgan fingerprint density at radius 2 is 0.692 bits per heavy atom. The third kappa shape index (κ3) is 39.1. The summed E-state index contributed by atoms with van der Waals surface area (Å²) < 4.78 is 16.6. The van der Waals surface area contributed by atoms with Gasteiger partial charge in [-0.2, -0.15) is 0 Å². The molecule has 0 aromatic carbocycles. The van der Waals surface area contributed by atoms with Gasteiger partial charge >= 0.3 is 17.9 Å². The van der Waals surface area contributed by atoms with Crippen molar-refractivity contribution in [2.45, 2.75) is 239 Å². The number of carbonyl (C=O) groups excluding carboxylic acids is 3. The Morgan fingerprint density at radius 3 is 1.10 bits per heavy atom. The summed E-state index contributed by atoms with van der Waals surface area (Å²) in [7, 11) is 0. The molecule has 0 heterocycles. The number of esters is 3. The van der Waals surface area contributed by atoms with Crippen LogP contribution in [0.1, 0.15) is 233 Å². The first kappa shape index (κ1) is 49.9. The zero-order valence-corrected chi connectivity index (χ0v) is 34.6. The summed E-state index contributed by atoms with van der Waals surface area (Å²) in [6.45, 7) is 6.54. The summed E-state index contributed by atoms with van der Waals surface area (Å²) in [6.07, 6.45) is 44.6. The molecule has 0 spiro atoms. The molecule has 52 heavy (non-hydrogen) atoms. The van der Waals surface area contributed by atoms with E-state index in [1.54, 1.807) is 0 Å². The van der Waals surface area contributed by atoms with Crippen LogP contribution in [0, 0.1) is 0 Å². The van der Waals surface area contributed by atoms with Gasteiger partial charge in [0, 0.05) is 19.3 Å². The molecule has 0 aliphatic carbocycles. The number of hydrogen-bond acceptors (Lipinski definition) is 6. The molecule has 0 radical (unpaired) electrons. The van der Waals surface area contributed by atoms with Gasteiger partial charge in [0.1, 0.15) is 13.2 Å². The van der Waals surface area contributed by atoms with Gasteiger partial charge in [0.2, 0.25) is 0 Å². The number of hydrogen-bond donors (Lipinski definition) is 0. The Hall–Kier alpha value is -2.11. The maximum Gasteiger partial charge on any atom is 0.306 e. The van der Waals surface area contributed by atoms with E-state index in [1.807, 2.05) is 0 Å². The van der Waals surface area contributed by atoms with Gasteiger partial charge in [-0.1, -0.05) is 186 Å². The SMILES string of the molecule is CCCCC/C=C\C/C=C\CCCCCCCCCC(=O)OCC(COC(=O)CCCCCCCC)OC(=O)CCCCCCCCCCCCC. The number of allylic oxidation sites excluding steroid dienone is 4. The average molecular weight is 733 g/mol. The Labute approximate surface area is 322 Å². The minimum absolute atomic E-state index is 0.0715. The van der Waals surface area contributed by atoms with Crippen molar-refractivity contribution in [3.05, 3.63) is 24.3 Å². The van der Waals surface area contributed by atoms with Gasteiger partial charge in [-0.3, -0.25) is 14.4 Å². The first-order chi connectivity index (χ1) is 25.5. The fourth-order valence-corrected chi connectivity index (χ4v) is 6.29. The minimum Gasteiger partial charge on any atom is -0.462 e. The lowest BCUT2D eigenvalue weighted by Gasteiger charge is -2.18. The Morgan fingerprint density at radius 1 is 0.385 bits per heavy atom. The van der Waals surface area contributed by atoms with Crippen molar-refractivity contribution in [3.63, 3.8) is 0 Å². The van der Waals surface area contributed by atoms with Crippen molar-refractivity contribution in [3.8, 4) is 0 Å². The Kier molecular flexibility index (Phi) is 40.0. The van der Waals surface area contributed by atoms with Gasteiger partial charge in [0.25, 0.3) is 0 Å². The van der Waals surface area contributed by atoms with Crippen LogP contribution < -0.4 is 0 Å². The number of carbonyl (C=O) groups is 3. The third-order valence-electron chi connectivity index (χ3n) is 9.71. The van der Waals surface area contributed by atoms with Crippen LogP contribution >= 0.6 is 0 Å². The number of rotatable bonds is 40. The molecule has 0 saturated carbocycles. The zero-order valence-electron chi connectivity index (χ0n) is 34.6. The van der Waals surface area contributed by atoms with Crippen LogP contribution in [-0.2, 0) is 28.6 Å². The van der Waals surface area contributed by atoms with Crippen molar-refractivity contribution in [2.75, 3.05) is 13.2 Å². The quantitative estimate of drug-likeness (QED) is 0.0270. The van der Waals surface area contributed by atoms with E-state index < -0.39 is 6.10 Å². The van der Waals surface area contributed by atoms with Gasteiger partial charge in [-0.15, -0.1) is 0 Å². The highest BCUT2D eigenvalue weighted by Crippen LogP contribution is 2.14. The van der Waals surface area contributed by atoms with Gasteiger partial charge in [-0.05, 0) is 51.4 Å². The van der Waals surface area contributed by atoms with E-state index >= 15 is 0 Å². The highest BCUT2D eigenvalue weighted by Gasteiger charge is 2.19. The van der Waals surface area contributed by atoms with Crippen molar-refractivity contribution < 1.29 is 28.6 Å². The molecule has 0 bridgehead atoms. The van der Waals surface area contributed by atoms with Gasteiger partial charge in [0.05, 0.1) is 0 Å². The Balaban J connectivity index is 4.24. The molecule has 0 rings (SSSR count). The fraction of sp³-hybridized carbons (Fsp3) is 0.848.